The van der Waals surface area contributed by atoms with Gasteiger partial charge >= 0.3 is 0 Å². The van der Waals surface area contributed by atoms with Crippen molar-refractivity contribution in [1.82, 2.24) is 15.5 Å². The van der Waals surface area contributed by atoms with Gasteiger partial charge in [0.1, 0.15) is 5.82 Å². The third-order valence-corrected chi connectivity index (χ3v) is 5.90. The van der Waals surface area contributed by atoms with Crippen LogP contribution in [0.2, 0.25) is 0 Å². The molecule has 2 heterocycles. The number of thiophene rings is 1. The van der Waals surface area contributed by atoms with Crippen LogP contribution < -0.4 is 10.6 Å². The van der Waals surface area contributed by atoms with Crippen LogP contribution in [-0.4, -0.2) is 44.1 Å². The highest BCUT2D eigenvalue weighted by Gasteiger charge is 2.19. The van der Waals surface area contributed by atoms with E-state index in [4.69, 9.17) is 0 Å². The van der Waals surface area contributed by atoms with E-state index >= 15 is 0 Å². The van der Waals surface area contributed by atoms with Crippen molar-refractivity contribution in [2.45, 2.75) is 25.8 Å². The zero-order valence-corrected chi connectivity index (χ0v) is 19.5. The Morgan fingerprint density at radius 3 is 2.71 bits per heavy atom. The molecule has 1 aromatic carbocycles. The molecule has 154 valence electrons. The second kappa shape index (κ2) is 12.4. The molecule has 2 aromatic rings. The average Bonchev–Trinajstić information content (AvgIpc) is 3.19. The number of hydrogen-bond donors (Lipinski definition) is 2. The van der Waals surface area contributed by atoms with Crippen molar-refractivity contribution in [1.29, 1.82) is 0 Å². The normalized spacial score (nSPS) is 15.9. The molecule has 0 saturated carbocycles. The average molecular weight is 516 g/mol. The van der Waals surface area contributed by atoms with Gasteiger partial charge in [-0.2, -0.15) is 0 Å². The maximum absolute atomic E-state index is 13.2. The standard InChI is InChI=1S/C21H29FN4S.HI/c1-23-21(24-10-7-17-4-2-5-19(22)14-17)25-15-18-8-11-26(12-9-18)16-20-6-3-13-27-20;/h2-6,13-14,18H,7-12,15-16H2,1H3,(H2,23,24,25);1H. The summed E-state index contributed by atoms with van der Waals surface area (Å²) >= 11 is 1.84. The van der Waals surface area contributed by atoms with Gasteiger partial charge in [0.15, 0.2) is 5.96 Å². The van der Waals surface area contributed by atoms with Gasteiger partial charge in [0, 0.05) is 31.6 Å². The molecule has 0 radical (unpaired) electrons. The summed E-state index contributed by atoms with van der Waals surface area (Å²) in [5.41, 5.74) is 0.996. The van der Waals surface area contributed by atoms with Crippen LogP contribution in [0.3, 0.4) is 0 Å². The summed E-state index contributed by atoms with van der Waals surface area (Å²) in [6.07, 6.45) is 3.22. The second-order valence-electron chi connectivity index (χ2n) is 7.06. The molecule has 1 aliphatic rings. The highest BCUT2D eigenvalue weighted by molar-refractivity contribution is 14.0. The van der Waals surface area contributed by atoms with Gasteiger partial charge < -0.3 is 10.6 Å². The smallest absolute Gasteiger partial charge is 0.190 e. The molecule has 1 fully saturated rings. The largest absolute Gasteiger partial charge is 0.356 e. The fourth-order valence-electron chi connectivity index (χ4n) is 3.45. The van der Waals surface area contributed by atoms with E-state index in [1.165, 1.54) is 23.8 Å². The van der Waals surface area contributed by atoms with Crippen molar-refractivity contribution in [3.8, 4) is 0 Å². The zero-order valence-electron chi connectivity index (χ0n) is 16.4. The topological polar surface area (TPSA) is 39.7 Å². The van der Waals surface area contributed by atoms with Gasteiger partial charge in [-0.25, -0.2) is 4.39 Å². The predicted molar refractivity (Wildman–Crippen MR) is 127 cm³/mol. The van der Waals surface area contributed by atoms with Crippen LogP contribution in [0.15, 0.2) is 46.8 Å². The Morgan fingerprint density at radius 1 is 1.21 bits per heavy atom. The van der Waals surface area contributed by atoms with Gasteiger partial charge in [-0.1, -0.05) is 18.2 Å². The van der Waals surface area contributed by atoms with E-state index in [-0.39, 0.29) is 29.8 Å². The number of guanidine groups is 1. The summed E-state index contributed by atoms with van der Waals surface area (Å²) in [6.45, 7) is 5.10. The molecule has 0 atom stereocenters. The van der Waals surface area contributed by atoms with Crippen molar-refractivity contribution in [3.63, 3.8) is 0 Å². The first-order chi connectivity index (χ1) is 13.2. The molecule has 2 N–H and O–H groups in total. The molecule has 28 heavy (non-hydrogen) atoms. The first-order valence-electron chi connectivity index (χ1n) is 9.66. The number of likely N-dealkylation sites (tertiary alicyclic amines) is 1. The maximum atomic E-state index is 13.2. The molecule has 0 bridgehead atoms. The summed E-state index contributed by atoms with van der Waals surface area (Å²) in [6, 6.07) is 11.1. The molecule has 1 aliphatic heterocycles. The molecule has 1 aromatic heterocycles. The predicted octanol–water partition coefficient (Wildman–Crippen LogP) is 4.12. The molecule has 4 nitrogen and oxygen atoms in total. The van der Waals surface area contributed by atoms with Crippen LogP contribution in [-0.2, 0) is 13.0 Å². The minimum absolute atomic E-state index is 0. The highest BCUT2D eigenvalue weighted by Crippen LogP contribution is 2.20. The van der Waals surface area contributed by atoms with Crippen molar-refractivity contribution in [3.05, 3.63) is 58.0 Å². The molecule has 0 amide bonds. The molecule has 0 unspecified atom stereocenters. The summed E-state index contributed by atoms with van der Waals surface area (Å²) in [7, 11) is 1.79. The number of piperidine rings is 1. The van der Waals surface area contributed by atoms with Gasteiger partial charge in [-0.05, 0) is 67.4 Å². The van der Waals surface area contributed by atoms with Gasteiger partial charge in [-0.3, -0.25) is 9.89 Å². The van der Waals surface area contributed by atoms with E-state index in [0.717, 1.165) is 50.7 Å². The first-order valence-corrected chi connectivity index (χ1v) is 10.5. The van der Waals surface area contributed by atoms with Gasteiger partial charge in [0.25, 0.3) is 0 Å². The number of nitrogens with one attached hydrogen (secondary N) is 2. The lowest BCUT2D eigenvalue weighted by molar-refractivity contribution is 0.179. The van der Waals surface area contributed by atoms with E-state index in [9.17, 15) is 4.39 Å². The Bertz CT molecular complexity index is 715. The second-order valence-corrected chi connectivity index (χ2v) is 8.09. The van der Waals surface area contributed by atoms with Crippen molar-refractivity contribution >= 4 is 41.3 Å². The monoisotopic (exact) mass is 516 g/mol. The van der Waals surface area contributed by atoms with Crippen LogP contribution in [0.5, 0.6) is 0 Å². The van der Waals surface area contributed by atoms with Crippen LogP contribution >= 0.6 is 35.3 Å². The molecule has 7 heteroatoms. The minimum atomic E-state index is -0.180. The lowest BCUT2D eigenvalue weighted by Crippen LogP contribution is -2.43. The van der Waals surface area contributed by atoms with E-state index in [2.05, 4.69) is 38.0 Å². The fourth-order valence-corrected chi connectivity index (χ4v) is 4.20. The number of benzene rings is 1. The quantitative estimate of drug-likeness (QED) is 0.331. The zero-order chi connectivity index (χ0) is 18.9. The van der Waals surface area contributed by atoms with Crippen molar-refractivity contribution in [2.24, 2.45) is 10.9 Å². The number of halogens is 2. The Morgan fingerprint density at radius 2 is 2.04 bits per heavy atom. The van der Waals surface area contributed by atoms with Crippen LogP contribution in [0.4, 0.5) is 4.39 Å². The number of rotatable bonds is 7. The summed E-state index contributed by atoms with van der Waals surface area (Å²) < 4.78 is 13.2. The summed E-state index contributed by atoms with van der Waals surface area (Å²) in [4.78, 5) is 8.30. The number of hydrogen-bond acceptors (Lipinski definition) is 3. The maximum Gasteiger partial charge on any atom is 0.190 e. The Balaban J connectivity index is 0.00000280. The third kappa shape index (κ3) is 7.67. The molecular weight excluding hydrogens is 486 g/mol. The number of aliphatic imine (C=N–C) groups is 1. The fraction of sp³-hybridized carbons (Fsp3) is 0.476. The Hall–Kier alpha value is -1.19. The molecule has 1 saturated heterocycles. The van der Waals surface area contributed by atoms with E-state index in [1.807, 2.05) is 17.4 Å². The van der Waals surface area contributed by atoms with Crippen molar-refractivity contribution < 1.29 is 4.39 Å². The Kier molecular flexibility index (Phi) is 10.2. The first kappa shape index (κ1) is 23.1. The third-order valence-electron chi connectivity index (χ3n) is 5.04. The Labute approximate surface area is 188 Å². The SMILES string of the molecule is CN=C(NCCc1cccc(F)c1)NCC1CCN(Cc2cccs2)CC1.I. The van der Waals surface area contributed by atoms with Gasteiger partial charge in [0.2, 0.25) is 0 Å². The van der Waals surface area contributed by atoms with Gasteiger partial charge in [0.05, 0.1) is 0 Å². The van der Waals surface area contributed by atoms with Crippen LogP contribution in [0.25, 0.3) is 0 Å². The number of nitrogens with zero attached hydrogens (tertiary/aromatic N) is 2. The minimum Gasteiger partial charge on any atom is -0.356 e. The van der Waals surface area contributed by atoms with E-state index in [1.54, 1.807) is 19.2 Å². The van der Waals surface area contributed by atoms with Crippen molar-refractivity contribution in [2.75, 3.05) is 33.2 Å². The lowest BCUT2D eigenvalue weighted by atomic mass is 9.97. The van der Waals surface area contributed by atoms with E-state index < -0.39 is 0 Å². The molecule has 0 aliphatic carbocycles. The molecule has 0 spiro atoms. The van der Waals surface area contributed by atoms with E-state index in [0.29, 0.717) is 5.92 Å². The molecule has 3 rings (SSSR count). The summed E-state index contributed by atoms with van der Waals surface area (Å²) in [5.74, 6) is 1.33. The highest BCUT2D eigenvalue weighted by atomic mass is 127. The lowest BCUT2D eigenvalue weighted by Gasteiger charge is -2.32. The summed E-state index contributed by atoms with van der Waals surface area (Å²) in [5, 5.41) is 8.92. The van der Waals surface area contributed by atoms with Gasteiger partial charge in [-0.15, -0.1) is 35.3 Å². The van der Waals surface area contributed by atoms with Crippen LogP contribution in [0, 0.1) is 11.7 Å². The van der Waals surface area contributed by atoms with Crippen LogP contribution in [0.1, 0.15) is 23.3 Å². The molecular formula is C21H30FIN4S.